The van der Waals surface area contributed by atoms with Crippen molar-refractivity contribution >= 4 is 0 Å². The van der Waals surface area contributed by atoms with Crippen LogP contribution in [0.25, 0.3) is 0 Å². The first-order valence-corrected chi connectivity index (χ1v) is 5.13. The summed E-state index contributed by atoms with van der Waals surface area (Å²) in [6.45, 7) is 8.18. The Morgan fingerprint density at radius 2 is 1.71 bits per heavy atom. The minimum absolute atomic E-state index is 0.126. The van der Waals surface area contributed by atoms with Crippen LogP contribution in [0.5, 0.6) is 0 Å². The van der Waals surface area contributed by atoms with Crippen LogP contribution < -0.4 is 5.73 Å². The van der Waals surface area contributed by atoms with Crippen molar-refractivity contribution in [2.75, 3.05) is 0 Å². The molecule has 0 amide bonds. The first-order chi connectivity index (χ1) is 6.54. The number of nitrogens with zero attached hydrogens (tertiary/aromatic N) is 2. The van der Waals surface area contributed by atoms with Crippen LogP contribution in [-0.4, -0.2) is 16.0 Å². The van der Waals surface area contributed by atoms with Gasteiger partial charge in [0, 0.05) is 23.9 Å². The summed E-state index contributed by atoms with van der Waals surface area (Å²) < 4.78 is 0. The third-order valence-electron chi connectivity index (χ3n) is 2.33. The van der Waals surface area contributed by atoms with E-state index in [9.17, 15) is 0 Å². The monoisotopic (exact) mass is 193 g/mol. The molecule has 2 N–H and O–H groups in total. The second kappa shape index (κ2) is 4.51. The Morgan fingerprint density at radius 1 is 1.21 bits per heavy atom. The molecule has 0 saturated heterocycles. The van der Waals surface area contributed by atoms with Gasteiger partial charge in [0.2, 0.25) is 0 Å². The maximum atomic E-state index is 5.72. The summed E-state index contributed by atoms with van der Waals surface area (Å²) in [6.07, 6.45) is 1.75. The molecule has 0 aliphatic rings. The molecule has 78 valence electrons. The van der Waals surface area contributed by atoms with E-state index in [0.29, 0.717) is 0 Å². The standard InChI is InChI=1S/C11H19N3/c1-5-10-8(3)13-11(6-7(2)12)14-9(10)4/h7H,5-6,12H2,1-4H3. The summed E-state index contributed by atoms with van der Waals surface area (Å²) in [5.41, 5.74) is 9.16. The highest BCUT2D eigenvalue weighted by Gasteiger charge is 2.07. The van der Waals surface area contributed by atoms with Gasteiger partial charge in [0.25, 0.3) is 0 Å². The molecule has 0 spiro atoms. The van der Waals surface area contributed by atoms with Gasteiger partial charge in [-0.2, -0.15) is 0 Å². The smallest absolute Gasteiger partial charge is 0.130 e. The molecule has 3 heteroatoms. The lowest BCUT2D eigenvalue weighted by Gasteiger charge is -2.10. The number of aryl methyl sites for hydroxylation is 2. The Labute approximate surface area is 85.8 Å². The summed E-state index contributed by atoms with van der Waals surface area (Å²) in [5.74, 6) is 0.868. The maximum absolute atomic E-state index is 5.72. The van der Waals surface area contributed by atoms with Gasteiger partial charge in [0.15, 0.2) is 0 Å². The Hall–Kier alpha value is -0.960. The maximum Gasteiger partial charge on any atom is 0.130 e. The van der Waals surface area contributed by atoms with Gasteiger partial charge in [0.1, 0.15) is 5.82 Å². The minimum Gasteiger partial charge on any atom is -0.328 e. The highest BCUT2D eigenvalue weighted by Crippen LogP contribution is 2.11. The first kappa shape index (κ1) is 11.1. The van der Waals surface area contributed by atoms with Crippen LogP contribution in [0.3, 0.4) is 0 Å². The summed E-state index contributed by atoms with van der Waals surface area (Å²) in [5, 5.41) is 0. The van der Waals surface area contributed by atoms with Crippen LogP contribution in [0, 0.1) is 13.8 Å². The number of hydrogen-bond acceptors (Lipinski definition) is 3. The van der Waals surface area contributed by atoms with Crippen LogP contribution in [0.15, 0.2) is 0 Å². The zero-order valence-corrected chi connectivity index (χ0v) is 9.46. The summed E-state index contributed by atoms with van der Waals surface area (Å²) in [4.78, 5) is 8.91. The molecule has 0 aliphatic heterocycles. The van der Waals surface area contributed by atoms with Crippen LogP contribution in [0.2, 0.25) is 0 Å². The fourth-order valence-corrected chi connectivity index (χ4v) is 1.70. The summed E-state index contributed by atoms with van der Waals surface area (Å²) in [6, 6.07) is 0.126. The molecule has 1 aromatic heterocycles. The van der Waals surface area contributed by atoms with Crippen molar-refractivity contribution in [1.82, 2.24) is 9.97 Å². The van der Waals surface area contributed by atoms with E-state index in [1.54, 1.807) is 0 Å². The van der Waals surface area contributed by atoms with Gasteiger partial charge in [-0.15, -0.1) is 0 Å². The van der Waals surface area contributed by atoms with Crippen molar-refractivity contribution in [1.29, 1.82) is 0 Å². The predicted molar refractivity (Wildman–Crippen MR) is 58.2 cm³/mol. The topological polar surface area (TPSA) is 51.8 Å². The molecule has 3 nitrogen and oxygen atoms in total. The fourth-order valence-electron chi connectivity index (χ4n) is 1.70. The minimum atomic E-state index is 0.126. The summed E-state index contributed by atoms with van der Waals surface area (Å²) >= 11 is 0. The molecule has 14 heavy (non-hydrogen) atoms. The SMILES string of the molecule is CCc1c(C)nc(CC(C)N)nc1C. The molecule has 0 radical (unpaired) electrons. The average Bonchev–Trinajstić information content (AvgIpc) is 2.01. The number of aromatic nitrogens is 2. The van der Waals surface area contributed by atoms with Crippen molar-refractivity contribution in [3.05, 3.63) is 22.8 Å². The van der Waals surface area contributed by atoms with E-state index in [2.05, 4.69) is 16.9 Å². The zero-order chi connectivity index (χ0) is 10.7. The third kappa shape index (κ3) is 2.51. The van der Waals surface area contributed by atoms with Crippen LogP contribution in [-0.2, 0) is 12.8 Å². The molecule has 0 bridgehead atoms. The highest BCUT2D eigenvalue weighted by atomic mass is 14.9. The number of hydrogen-bond donors (Lipinski definition) is 1. The lowest BCUT2D eigenvalue weighted by atomic mass is 10.1. The predicted octanol–water partition coefficient (Wildman–Crippen LogP) is 1.55. The molecular formula is C11H19N3. The van der Waals surface area contributed by atoms with Gasteiger partial charge >= 0.3 is 0 Å². The number of rotatable bonds is 3. The Kier molecular flexibility index (Phi) is 3.58. The second-order valence-corrected chi connectivity index (χ2v) is 3.82. The van der Waals surface area contributed by atoms with E-state index in [0.717, 1.165) is 30.1 Å². The molecule has 0 saturated carbocycles. The van der Waals surface area contributed by atoms with E-state index in [1.165, 1.54) is 5.56 Å². The first-order valence-electron chi connectivity index (χ1n) is 5.13. The molecule has 1 atom stereocenters. The third-order valence-corrected chi connectivity index (χ3v) is 2.33. The molecular weight excluding hydrogens is 174 g/mol. The van der Waals surface area contributed by atoms with Crippen LogP contribution >= 0.6 is 0 Å². The van der Waals surface area contributed by atoms with Gasteiger partial charge in [0.05, 0.1) is 0 Å². The van der Waals surface area contributed by atoms with E-state index in [4.69, 9.17) is 5.73 Å². The molecule has 0 fully saturated rings. The van der Waals surface area contributed by atoms with E-state index >= 15 is 0 Å². The quantitative estimate of drug-likeness (QED) is 0.792. The van der Waals surface area contributed by atoms with E-state index in [1.807, 2.05) is 20.8 Å². The normalized spacial score (nSPS) is 12.9. The zero-order valence-electron chi connectivity index (χ0n) is 9.46. The van der Waals surface area contributed by atoms with Crippen molar-refractivity contribution in [3.63, 3.8) is 0 Å². The lowest BCUT2D eigenvalue weighted by molar-refractivity contribution is 0.692. The Morgan fingerprint density at radius 3 is 2.07 bits per heavy atom. The Bertz CT molecular complexity index is 295. The molecule has 0 aromatic carbocycles. The molecule has 0 aliphatic carbocycles. The van der Waals surface area contributed by atoms with E-state index < -0.39 is 0 Å². The summed E-state index contributed by atoms with van der Waals surface area (Å²) in [7, 11) is 0. The van der Waals surface area contributed by atoms with Gasteiger partial charge in [-0.3, -0.25) is 0 Å². The highest BCUT2D eigenvalue weighted by molar-refractivity contribution is 5.24. The number of nitrogens with two attached hydrogens (primary N) is 1. The van der Waals surface area contributed by atoms with Gasteiger partial charge in [-0.1, -0.05) is 6.92 Å². The second-order valence-electron chi connectivity index (χ2n) is 3.82. The van der Waals surface area contributed by atoms with Crippen LogP contribution in [0.4, 0.5) is 0 Å². The molecule has 1 rings (SSSR count). The van der Waals surface area contributed by atoms with Gasteiger partial charge in [-0.05, 0) is 32.8 Å². The van der Waals surface area contributed by atoms with Crippen molar-refractivity contribution < 1.29 is 0 Å². The van der Waals surface area contributed by atoms with Crippen molar-refractivity contribution in [2.24, 2.45) is 5.73 Å². The van der Waals surface area contributed by atoms with Gasteiger partial charge < -0.3 is 5.73 Å². The van der Waals surface area contributed by atoms with Crippen molar-refractivity contribution in [2.45, 2.75) is 46.6 Å². The van der Waals surface area contributed by atoms with E-state index in [-0.39, 0.29) is 6.04 Å². The van der Waals surface area contributed by atoms with Gasteiger partial charge in [-0.25, -0.2) is 9.97 Å². The fraction of sp³-hybridized carbons (Fsp3) is 0.636. The van der Waals surface area contributed by atoms with Crippen molar-refractivity contribution in [3.8, 4) is 0 Å². The average molecular weight is 193 g/mol. The van der Waals surface area contributed by atoms with Crippen LogP contribution in [0.1, 0.15) is 36.6 Å². The lowest BCUT2D eigenvalue weighted by Crippen LogP contribution is -2.20. The molecule has 1 aromatic rings. The Balaban J connectivity index is 3.01. The largest absolute Gasteiger partial charge is 0.328 e. The molecule has 1 heterocycles. The molecule has 1 unspecified atom stereocenters.